The van der Waals surface area contributed by atoms with Crippen LogP contribution in [0.5, 0.6) is 11.5 Å². The van der Waals surface area contributed by atoms with Gasteiger partial charge < -0.3 is 24.2 Å². The molecule has 1 fully saturated rings. The first-order valence-electron chi connectivity index (χ1n) is 13.1. The summed E-state index contributed by atoms with van der Waals surface area (Å²) in [6.45, 7) is 18.9. The summed E-state index contributed by atoms with van der Waals surface area (Å²) in [5, 5.41) is 10.5. The molecule has 2 aromatic carbocycles. The number of β-amino-alcohol motifs (C(OH)–C–C–N with tert-alkyl or cyclic N) is 1. The van der Waals surface area contributed by atoms with Crippen molar-refractivity contribution in [2.45, 2.75) is 58.5 Å². The van der Waals surface area contributed by atoms with Gasteiger partial charge in [-0.25, -0.2) is 0 Å². The third kappa shape index (κ3) is 8.12. The highest BCUT2D eigenvalue weighted by Gasteiger charge is 2.23. The number of anilines is 1. The van der Waals surface area contributed by atoms with E-state index in [4.69, 9.17) is 14.2 Å². The number of aliphatic hydroxyl groups is 1. The van der Waals surface area contributed by atoms with Gasteiger partial charge in [-0.2, -0.15) is 0 Å². The second-order valence-corrected chi connectivity index (χ2v) is 11.8. The Hall–Kier alpha value is -2.28. The van der Waals surface area contributed by atoms with Gasteiger partial charge in [0.2, 0.25) is 0 Å². The molecule has 1 unspecified atom stereocenters. The van der Waals surface area contributed by atoms with E-state index in [-0.39, 0.29) is 10.8 Å². The maximum Gasteiger partial charge on any atom is 0.123 e. The lowest BCUT2D eigenvalue weighted by atomic mass is 9.80. The Morgan fingerprint density at radius 1 is 0.861 bits per heavy atom. The van der Waals surface area contributed by atoms with Gasteiger partial charge in [0.15, 0.2) is 0 Å². The molecule has 200 valence electrons. The largest absolute Gasteiger partial charge is 0.497 e. The highest BCUT2D eigenvalue weighted by Crippen LogP contribution is 2.35. The van der Waals surface area contributed by atoms with E-state index in [9.17, 15) is 5.11 Å². The van der Waals surface area contributed by atoms with E-state index >= 15 is 0 Å². The summed E-state index contributed by atoms with van der Waals surface area (Å²) in [5.74, 6) is 1.79. The van der Waals surface area contributed by atoms with Crippen LogP contribution in [0.3, 0.4) is 0 Å². The molecule has 6 nitrogen and oxygen atoms in total. The first kappa shape index (κ1) is 28.3. The fourth-order valence-electron chi connectivity index (χ4n) is 4.47. The Bertz CT molecular complexity index is 939. The number of hydrogen-bond donors (Lipinski definition) is 1. The summed E-state index contributed by atoms with van der Waals surface area (Å²) in [5.41, 5.74) is 3.82. The SMILES string of the molecule is COc1ccc(N2CCN(CC(O)COCCOc3ccc(C(C)(C)C)cc3C(C)(C)C)CC2)cc1. The molecule has 1 heterocycles. The third-order valence-corrected chi connectivity index (χ3v) is 6.73. The average molecular weight is 499 g/mol. The topological polar surface area (TPSA) is 54.4 Å². The summed E-state index contributed by atoms with van der Waals surface area (Å²) >= 11 is 0. The number of nitrogens with zero attached hydrogens (tertiary/aromatic N) is 2. The summed E-state index contributed by atoms with van der Waals surface area (Å²) in [7, 11) is 1.68. The maximum absolute atomic E-state index is 10.5. The summed E-state index contributed by atoms with van der Waals surface area (Å²) in [4.78, 5) is 4.67. The minimum Gasteiger partial charge on any atom is -0.497 e. The molecule has 6 heteroatoms. The first-order chi connectivity index (χ1) is 17.0. The van der Waals surface area contributed by atoms with Crippen LogP contribution in [0.15, 0.2) is 42.5 Å². The molecule has 1 N–H and O–H groups in total. The zero-order chi connectivity index (χ0) is 26.3. The van der Waals surface area contributed by atoms with Gasteiger partial charge in [0.1, 0.15) is 18.1 Å². The molecule has 0 amide bonds. The van der Waals surface area contributed by atoms with Crippen molar-refractivity contribution in [1.29, 1.82) is 0 Å². The fraction of sp³-hybridized carbons (Fsp3) is 0.600. The minimum absolute atomic E-state index is 0.00889. The van der Waals surface area contributed by atoms with Crippen LogP contribution in [0.2, 0.25) is 0 Å². The number of aliphatic hydroxyl groups excluding tert-OH is 1. The van der Waals surface area contributed by atoms with Crippen molar-refractivity contribution in [1.82, 2.24) is 4.90 Å². The molecule has 2 aromatic rings. The number of benzene rings is 2. The molecule has 3 rings (SSSR count). The van der Waals surface area contributed by atoms with Crippen LogP contribution in [0.25, 0.3) is 0 Å². The molecule has 0 saturated carbocycles. The summed E-state index contributed by atoms with van der Waals surface area (Å²) < 4.78 is 17.1. The minimum atomic E-state index is -0.506. The fourth-order valence-corrected chi connectivity index (χ4v) is 4.47. The van der Waals surface area contributed by atoms with Crippen molar-refractivity contribution in [2.75, 3.05) is 64.6 Å². The Balaban J connectivity index is 1.38. The first-order valence-corrected chi connectivity index (χ1v) is 13.1. The third-order valence-electron chi connectivity index (χ3n) is 6.73. The molecule has 1 saturated heterocycles. The Morgan fingerprint density at radius 2 is 1.53 bits per heavy atom. The highest BCUT2D eigenvalue weighted by atomic mass is 16.5. The van der Waals surface area contributed by atoms with E-state index in [1.165, 1.54) is 16.8 Å². The lowest BCUT2D eigenvalue weighted by Gasteiger charge is -2.36. The second-order valence-electron chi connectivity index (χ2n) is 11.8. The lowest BCUT2D eigenvalue weighted by molar-refractivity contribution is 0.00704. The van der Waals surface area contributed by atoms with Crippen LogP contribution in [-0.2, 0) is 15.6 Å². The summed E-state index contributed by atoms with van der Waals surface area (Å²) in [6.07, 6.45) is -0.506. The lowest BCUT2D eigenvalue weighted by Crippen LogP contribution is -2.49. The Labute approximate surface area is 218 Å². The van der Waals surface area contributed by atoms with Crippen molar-refractivity contribution >= 4 is 5.69 Å². The van der Waals surface area contributed by atoms with Gasteiger partial charge in [0.05, 0.1) is 26.4 Å². The molecule has 36 heavy (non-hydrogen) atoms. The van der Waals surface area contributed by atoms with E-state index in [1.807, 2.05) is 12.1 Å². The molecule has 1 aliphatic rings. The standard InChI is InChI=1S/C30H46N2O4/c1-29(2,3)23-8-13-28(27(20-23)30(4,5)6)36-19-18-35-22-25(33)21-31-14-16-32(17-15-31)24-9-11-26(34-7)12-10-24/h8-13,20,25,33H,14-19,21-22H2,1-7H3. The van der Waals surface area contributed by atoms with Gasteiger partial charge in [0, 0.05) is 38.4 Å². The molecule has 0 aromatic heterocycles. The van der Waals surface area contributed by atoms with Crippen molar-refractivity contribution in [2.24, 2.45) is 0 Å². The normalized spacial score (nSPS) is 16.2. The second kappa shape index (κ2) is 12.3. The van der Waals surface area contributed by atoms with Crippen LogP contribution in [-0.4, -0.2) is 75.8 Å². The van der Waals surface area contributed by atoms with Crippen LogP contribution >= 0.6 is 0 Å². The quantitative estimate of drug-likeness (QED) is 0.472. The summed E-state index contributed by atoms with van der Waals surface area (Å²) in [6, 6.07) is 14.7. The molecule has 1 aliphatic heterocycles. The van der Waals surface area contributed by atoms with E-state index < -0.39 is 6.10 Å². The number of rotatable bonds is 10. The highest BCUT2D eigenvalue weighted by molar-refractivity contribution is 5.49. The van der Waals surface area contributed by atoms with Crippen molar-refractivity contribution in [3.05, 3.63) is 53.6 Å². The van der Waals surface area contributed by atoms with Crippen LogP contribution in [0.4, 0.5) is 5.69 Å². The van der Waals surface area contributed by atoms with Crippen LogP contribution in [0.1, 0.15) is 52.7 Å². The van der Waals surface area contributed by atoms with E-state index in [1.54, 1.807) is 7.11 Å². The van der Waals surface area contributed by atoms with E-state index in [0.717, 1.165) is 37.7 Å². The molecule has 0 aliphatic carbocycles. The smallest absolute Gasteiger partial charge is 0.123 e. The molecular weight excluding hydrogens is 452 g/mol. The molecule has 0 radical (unpaired) electrons. The average Bonchev–Trinajstić information content (AvgIpc) is 2.83. The zero-order valence-electron chi connectivity index (χ0n) is 23.3. The molecule has 0 spiro atoms. The van der Waals surface area contributed by atoms with Crippen molar-refractivity contribution in [3.63, 3.8) is 0 Å². The van der Waals surface area contributed by atoms with Crippen LogP contribution in [0, 0.1) is 0 Å². The Morgan fingerprint density at radius 3 is 2.11 bits per heavy atom. The molecule has 1 atom stereocenters. The predicted octanol–water partition coefficient (Wildman–Crippen LogP) is 4.87. The monoisotopic (exact) mass is 498 g/mol. The van der Waals surface area contributed by atoms with Crippen molar-refractivity contribution in [3.8, 4) is 11.5 Å². The van der Waals surface area contributed by atoms with Gasteiger partial charge in [-0.1, -0.05) is 53.7 Å². The molecule has 0 bridgehead atoms. The number of methoxy groups -OCH3 is 1. The molecular formula is C30H46N2O4. The number of piperazine rings is 1. The van der Waals surface area contributed by atoms with E-state index in [2.05, 4.69) is 81.7 Å². The van der Waals surface area contributed by atoms with Gasteiger partial charge in [-0.05, 0) is 52.3 Å². The zero-order valence-corrected chi connectivity index (χ0v) is 23.3. The Kier molecular flexibility index (Phi) is 9.67. The number of ether oxygens (including phenoxy) is 3. The van der Waals surface area contributed by atoms with E-state index in [0.29, 0.717) is 26.4 Å². The maximum atomic E-state index is 10.5. The number of hydrogen-bond acceptors (Lipinski definition) is 6. The van der Waals surface area contributed by atoms with Gasteiger partial charge in [0.25, 0.3) is 0 Å². The van der Waals surface area contributed by atoms with Gasteiger partial charge >= 0.3 is 0 Å². The van der Waals surface area contributed by atoms with Crippen molar-refractivity contribution < 1.29 is 19.3 Å². The predicted molar refractivity (Wildman–Crippen MR) is 148 cm³/mol. The van der Waals surface area contributed by atoms with Gasteiger partial charge in [-0.3, -0.25) is 4.90 Å². The van der Waals surface area contributed by atoms with Crippen LogP contribution < -0.4 is 14.4 Å². The van der Waals surface area contributed by atoms with Gasteiger partial charge in [-0.15, -0.1) is 0 Å².